The van der Waals surface area contributed by atoms with Crippen molar-refractivity contribution in [3.8, 4) is 0 Å². The van der Waals surface area contributed by atoms with Crippen LogP contribution in [0.25, 0.3) is 0 Å². The minimum atomic E-state index is -0.374. The summed E-state index contributed by atoms with van der Waals surface area (Å²) in [4.78, 5) is 16.2. The Kier molecular flexibility index (Phi) is 3.55. The molecule has 3 nitrogen and oxygen atoms in total. The number of carbonyl (C=O) groups excluding carboxylic acids is 1. The van der Waals surface area contributed by atoms with Crippen molar-refractivity contribution in [1.29, 1.82) is 0 Å². The van der Waals surface area contributed by atoms with Crippen molar-refractivity contribution in [2.45, 2.75) is 19.8 Å². The van der Waals surface area contributed by atoms with Gasteiger partial charge in [-0.15, -0.1) is 0 Å². The van der Waals surface area contributed by atoms with E-state index in [1.807, 2.05) is 24.7 Å². The maximum Gasteiger partial charge on any atom is 0.163 e. The lowest BCUT2D eigenvalue weighted by Crippen LogP contribution is -2.06. The third kappa shape index (κ3) is 2.64. The molecule has 0 aliphatic rings. The molecule has 0 aliphatic carbocycles. The molecule has 2 aromatic rings. The minimum Gasteiger partial charge on any atom is -0.338 e. The lowest BCUT2D eigenvalue weighted by Gasteiger charge is -2.05. The molecule has 0 aliphatic heterocycles. The number of carbonyl (C=O) groups is 1. The van der Waals surface area contributed by atoms with Gasteiger partial charge in [0, 0.05) is 37.8 Å². The SMILES string of the molecule is Cc1ccc(F)cc1C(=O)CCc1nccn1C. The van der Waals surface area contributed by atoms with E-state index < -0.39 is 0 Å². The van der Waals surface area contributed by atoms with E-state index in [-0.39, 0.29) is 11.6 Å². The Morgan fingerprint density at radius 1 is 1.44 bits per heavy atom. The Bertz CT molecular complexity index is 575. The lowest BCUT2D eigenvalue weighted by molar-refractivity contribution is 0.0981. The molecule has 2 rings (SSSR count). The van der Waals surface area contributed by atoms with E-state index in [0.29, 0.717) is 18.4 Å². The van der Waals surface area contributed by atoms with Crippen LogP contribution in [0.2, 0.25) is 0 Å². The first-order valence-electron chi connectivity index (χ1n) is 5.83. The van der Waals surface area contributed by atoms with Crippen LogP contribution in [-0.4, -0.2) is 15.3 Å². The van der Waals surface area contributed by atoms with Gasteiger partial charge in [-0.05, 0) is 24.6 Å². The minimum absolute atomic E-state index is 0.0463. The second-order valence-electron chi connectivity index (χ2n) is 4.34. The molecule has 1 aromatic carbocycles. The first-order valence-corrected chi connectivity index (χ1v) is 5.83. The molecule has 94 valence electrons. The second-order valence-corrected chi connectivity index (χ2v) is 4.34. The number of ketones is 1. The lowest BCUT2D eigenvalue weighted by atomic mass is 10.0. The van der Waals surface area contributed by atoms with Crippen LogP contribution in [0, 0.1) is 12.7 Å². The summed E-state index contributed by atoms with van der Waals surface area (Å²) in [5.74, 6) is 0.438. The van der Waals surface area contributed by atoms with Gasteiger partial charge in [0.05, 0.1) is 0 Å². The van der Waals surface area contributed by atoms with Gasteiger partial charge in [-0.1, -0.05) is 6.07 Å². The monoisotopic (exact) mass is 246 g/mol. The zero-order chi connectivity index (χ0) is 13.1. The number of imidazole rings is 1. The van der Waals surface area contributed by atoms with E-state index in [1.54, 1.807) is 12.3 Å². The molecule has 1 aromatic heterocycles. The van der Waals surface area contributed by atoms with Gasteiger partial charge in [0.15, 0.2) is 5.78 Å². The molecule has 0 saturated heterocycles. The topological polar surface area (TPSA) is 34.9 Å². The summed E-state index contributed by atoms with van der Waals surface area (Å²) in [5, 5.41) is 0. The number of aromatic nitrogens is 2. The van der Waals surface area contributed by atoms with E-state index in [4.69, 9.17) is 0 Å². The van der Waals surface area contributed by atoms with E-state index in [1.165, 1.54) is 12.1 Å². The summed E-state index contributed by atoms with van der Waals surface area (Å²) in [6.45, 7) is 1.81. The summed E-state index contributed by atoms with van der Waals surface area (Å²) in [6, 6.07) is 4.30. The zero-order valence-electron chi connectivity index (χ0n) is 10.5. The first kappa shape index (κ1) is 12.5. The average Bonchev–Trinajstić information content (AvgIpc) is 2.75. The Balaban J connectivity index is 2.08. The van der Waals surface area contributed by atoms with Crippen LogP contribution in [0.5, 0.6) is 0 Å². The summed E-state index contributed by atoms with van der Waals surface area (Å²) in [7, 11) is 1.89. The fourth-order valence-corrected chi connectivity index (χ4v) is 1.89. The van der Waals surface area contributed by atoms with Crippen LogP contribution in [0.4, 0.5) is 4.39 Å². The highest BCUT2D eigenvalue weighted by Gasteiger charge is 2.11. The van der Waals surface area contributed by atoms with Crippen molar-refractivity contribution >= 4 is 5.78 Å². The number of nitrogens with zero attached hydrogens (tertiary/aromatic N) is 2. The fraction of sp³-hybridized carbons (Fsp3) is 0.286. The van der Waals surface area contributed by atoms with E-state index in [2.05, 4.69) is 4.98 Å². The predicted octanol–water partition coefficient (Wildman–Crippen LogP) is 2.68. The Hall–Kier alpha value is -1.97. The molecule has 4 heteroatoms. The van der Waals surface area contributed by atoms with Crippen LogP contribution < -0.4 is 0 Å². The molecule has 0 radical (unpaired) electrons. The number of halogens is 1. The van der Waals surface area contributed by atoms with Crippen molar-refractivity contribution in [1.82, 2.24) is 9.55 Å². The zero-order valence-corrected chi connectivity index (χ0v) is 10.5. The summed E-state index contributed by atoms with van der Waals surface area (Å²) in [6.07, 6.45) is 4.45. The highest BCUT2D eigenvalue weighted by atomic mass is 19.1. The number of rotatable bonds is 4. The van der Waals surface area contributed by atoms with Crippen LogP contribution in [0.1, 0.15) is 28.2 Å². The summed E-state index contributed by atoms with van der Waals surface area (Å²) < 4.78 is 15.0. The molecular formula is C14H15FN2O. The third-order valence-electron chi connectivity index (χ3n) is 3.00. The van der Waals surface area contributed by atoms with Gasteiger partial charge in [-0.25, -0.2) is 9.37 Å². The van der Waals surface area contributed by atoms with Gasteiger partial charge >= 0.3 is 0 Å². The normalized spacial score (nSPS) is 10.6. The highest BCUT2D eigenvalue weighted by molar-refractivity contribution is 5.97. The molecule has 0 spiro atoms. The predicted molar refractivity (Wildman–Crippen MR) is 67.0 cm³/mol. The van der Waals surface area contributed by atoms with Gasteiger partial charge < -0.3 is 4.57 Å². The Morgan fingerprint density at radius 3 is 2.89 bits per heavy atom. The quantitative estimate of drug-likeness (QED) is 0.777. The largest absolute Gasteiger partial charge is 0.338 e. The number of aryl methyl sites for hydroxylation is 3. The fourth-order valence-electron chi connectivity index (χ4n) is 1.89. The van der Waals surface area contributed by atoms with Crippen molar-refractivity contribution in [3.05, 3.63) is 53.4 Å². The molecule has 0 bridgehead atoms. The van der Waals surface area contributed by atoms with Gasteiger partial charge in [0.1, 0.15) is 11.6 Å². The molecule has 0 unspecified atom stereocenters. The maximum absolute atomic E-state index is 13.1. The van der Waals surface area contributed by atoms with Crippen LogP contribution >= 0.6 is 0 Å². The van der Waals surface area contributed by atoms with Gasteiger partial charge in [0.2, 0.25) is 0 Å². The van der Waals surface area contributed by atoms with E-state index in [9.17, 15) is 9.18 Å². The third-order valence-corrected chi connectivity index (χ3v) is 3.00. The van der Waals surface area contributed by atoms with Crippen molar-refractivity contribution in [2.75, 3.05) is 0 Å². The van der Waals surface area contributed by atoms with E-state index >= 15 is 0 Å². The molecule has 0 saturated carbocycles. The van der Waals surface area contributed by atoms with Gasteiger partial charge in [-0.3, -0.25) is 4.79 Å². The summed E-state index contributed by atoms with van der Waals surface area (Å²) in [5.41, 5.74) is 1.27. The Morgan fingerprint density at radius 2 is 2.22 bits per heavy atom. The maximum atomic E-state index is 13.1. The van der Waals surface area contributed by atoms with Gasteiger partial charge in [0.25, 0.3) is 0 Å². The smallest absolute Gasteiger partial charge is 0.163 e. The number of Topliss-reactive ketones (excluding diaryl/α,β-unsaturated/α-hetero) is 1. The van der Waals surface area contributed by atoms with Crippen LogP contribution in [0.15, 0.2) is 30.6 Å². The van der Waals surface area contributed by atoms with Crippen molar-refractivity contribution in [2.24, 2.45) is 7.05 Å². The van der Waals surface area contributed by atoms with Crippen molar-refractivity contribution in [3.63, 3.8) is 0 Å². The molecule has 0 fully saturated rings. The van der Waals surface area contributed by atoms with Gasteiger partial charge in [-0.2, -0.15) is 0 Å². The summed E-state index contributed by atoms with van der Waals surface area (Å²) >= 11 is 0. The number of hydrogen-bond donors (Lipinski definition) is 0. The molecule has 0 atom stereocenters. The number of benzene rings is 1. The molecule has 18 heavy (non-hydrogen) atoms. The second kappa shape index (κ2) is 5.12. The number of hydrogen-bond acceptors (Lipinski definition) is 2. The average molecular weight is 246 g/mol. The molecular weight excluding hydrogens is 231 g/mol. The highest BCUT2D eigenvalue weighted by Crippen LogP contribution is 2.13. The Labute approximate surface area is 105 Å². The van der Waals surface area contributed by atoms with E-state index in [0.717, 1.165) is 11.4 Å². The molecule has 0 amide bonds. The molecule has 1 heterocycles. The van der Waals surface area contributed by atoms with Crippen LogP contribution in [0.3, 0.4) is 0 Å². The standard InChI is InChI=1S/C14H15FN2O/c1-10-3-4-11(15)9-12(10)13(18)5-6-14-16-7-8-17(14)2/h3-4,7-9H,5-6H2,1-2H3. The van der Waals surface area contributed by atoms with Crippen LogP contribution in [-0.2, 0) is 13.5 Å². The first-order chi connectivity index (χ1) is 8.58. The molecule has 0 N–H and O–H groups in total. The van der Waals surface area contributed by atoms with Crippen molar-refractivity contribution < 1.29 is 9.18 Å².